The van der Waals surface area contributed by atoms with Crippen LogP contribution in [0.15, 0.2) is 18.2 Å². The zero-order valence-electron chi connectivity index (χ0n) is 13.0. The third-order valence-electron chi connectivity index (χ3n) is 4.25. The summed E-state index contributed by atoms with van der Waals surface area (Å²) >= 11 is 0. The molecule has 2 atom stereocenters. The van der Waals surface area contributed by atoms with Crippen LogP contribution in [0, 0.1) is 5.82 Å². The quantitative estimate of drug-likeness (QED) is 0.878. The van der Waals surface area contributed by atoms with Gasteiger partial charge in [0.15, 0.2) is 0 Å². The first-order valence-corrected chi connectivity index (χ1v) is 7.77. The molecule has 2 aliphatic rings. The number of nitrogens with zero attached hydrogens (tertiary/aromatic N) is 1. The molecule has 2 saturated heterocycles. The van der Waals surface area contributed by atoms with Gasteiger partial charge in [0.05, 0.1) is 18.8 Å². The van der Waals surface area contributed by atoms with E-state index in [1.165, 1.54) is 17.9 Å². The van der Waals surface area contributed by atoms with E-state index in [0.717, 1.165) is 19.5 Å². The number of hydrogen-bond acceptors (Lipinski definition) is 4. The number of anilines is 1. The second-order valence-corrected chi connectivity index (χ2v) is 5.95. The van der Waals surface area contributed by atoms with Gasteiger partial charge in [0.1, 0.15) is 11.9 Å². The van der Waals surface area contributed by atoms with Gasteiger partial charge in [-0.05, 0) is 30.7 Å². The number of amides is 2. The van der Waals surface area contributed by atoms with Crippen LogP contribution >= 0.6 is 0 Å². The van der Waals surface area contributed by atoms with Crippen molar-refractivity contribution >= 4 is 17.7 Å². The van der Waals surface area contributed by atoms with E-state index in [1.807, 2.05) is 0 Å². The number of cyclic esters (lactones) is 1. The largest absolute Gasteiger partial charge is 0.442 e. The lowest BCUT2D eigenvalue weighted by atomic mass is 9.97. The first kappa shape index (κ1) is 15.7. The Morgan fingerprint density at radius 2 is 2.35 bits per heavy atom. The van der Waals surface area contributed by atoms with Crippen molar-refractivity contribution in [1.29, 1.82) is 0 Å². The Morgan fingerprint density at radius 1 is 1.52 bits per heavy atom. The standard InChI is InChI=1S/C16H20FN3O3/c1-10(21)19-8-13-9-20(16(22)23-13)12-2-3-14(15(17)6-12)11-4-5-18-7-11/h2-3,6,11,13,18H,4-5,7-9H2,1H3,(H,19,21)/t11-,13+/m1/s1. The van der Waals surface area contributed by atoms with Crippen molar-refractivity contribution in [3.8, 4) is 0 Å². The molecule has 1 aromatic rings. The average molecular weight is 321 g/mol. The van der Waals surface area contributed by atoms with Gasteiger partial charge in [-0.2, -0.15) is 0 Å². The maximum absolute atomic E-state index is 14.4. The zero-order valence-corrected chi connectivity index (χ0v) is 13.0. The normalized spacial score (nSPS) is 23.9. The van der Waals surface area contributed by atoms with Crippen LogP contribution in [-0.2, 0) is 9.53 Å². The third kappa shape index (κ3) is 3.44. The number of carbonyl (C=O) groups excluding carboxylic acids is 2. The number of ether oxygens (including phenoxy) is 1. The van der Waals surface area contributed by atoms with E-state index in [9.17, 15) is 14.0 Å². The molecule has 0 spiro atoms. The second-order valence-electron chi connectivity index (χ2n) is 5.95. The summed E-state index contributed by atoms with van der Waals surface area (Å²) in [5.41, 5.74) is 1.16. The molecule has 2 N–H and O–H groups in total. The highest BCUT2D eigenvalue weighted by atomic mass is 19.1. The van der Waals surface area contributed by atoms with Gasteiger partial charge in [0, 0.05) is 19.4 Å². The molecule has 23 heavy (non-hydrogen) atoms. The molecule has 2 heterocycles. The van der Waals surface area contributed by atoms with Gasteiger partial charge in [0.25, 0.3) is 0 Å². The summed E-state index contributed by atoms with van der Waals surface area (Å²) < 4.78 is 19.6. The molecule has 2 fully saturated rings. The zero-order chi connectivity index (χ0) is 16.4. The number of carbonyl (C=O) groups is 2. The van der Waals surface area contributed by atoms with Crippen molar-refractivity contribution < 1.29 is 18.7 Å². The van der Waals surface area contributed by atoms with Crippen molar-refractivity contribution in [2.24, 2.45) is 0 Å². The van der Waals surface area contributed by atoms with Gasteiger partial charge in [-0.25, -0.2) is 9.18 Å². The Labute approximate surface area is 134 Å². The van der Waals surface area contributed by atoms with E-state index in [1.54, 1.807) is 12.1 Å². The molecule has 2 aliphatic heterocycles. The minimum absolute atomic E-state index is 0.180. The molecular formula is C16H20FN3O3. The fraction of sp³-hybridized carbons (Fsp3) is 0.500. The summed E-state index contributed by atoms with van der Waals surface area (Å²) in [7, 11) is 0. The highest BCUT2D eigenvalue weighted by molar-refractivity contribution is 5.89. The van der Waals surface area contributed by atoms with E-state index >= 15 is 0 Å². The van der Waals surface area contributed by atoms with Gasteiger partial charge in [-0.3, -0.25) is 9.69 Å². The Bertz CT molecular complexity index is 617. The topological polar surface area (TPSA) is 70.7 Å². The molecule has 0 aliphatic carbocycles. The lowest BCUT2D eigenvalue weighted by Crippen LogP contribution is -2.33. The van der Waals surface area contributed by atoms with Crippen molar-refractivity contribution in [2.45, 2.75) is 25.4 Å². The van der Waals surface area contributed by atoms with Crippen LogP contribution in [0.2, 0.25) is 0 Å². The van der Waals surface area contributed by atoms with E-state index in [2.05, 4.69) is 10.6 Å². The smallest absolute Gasteiger partial charge is 0.414 e. The van der Waals surface area contributed by atoms with Gasteiger partial charge < -0.3 is 15.4 Å². The van der Waals surface area contributed by atoms with E-state index in [-0.39, 0.29) is 24.2 Å². The first-order valence-electron chi connectivity index (χ1n) is 7.77. The molecule has 124 valence electrons. The molecule has 0 saturated carbocycles. The molecule has 7 heteroatoms. The van der Waals surface area contributed by atoms with E-state index < -0.39 is 12.2 Å². The summed E-state index contributed by atoms with van der Waals surface area (Å²) in [5, 5.41) is 5.83. The van der Waals surface area contributed by atoms with Crippen LogP contribution in [0.5, 0.6) is 0 Å². The maximum atomic E-state index is 14.4. The van der Waals surface area contributed by atoms with Crippen LogP contribution in [-0.4, -0.2) is 44.3 Å². The van der Waals surface area contributed by atoms with Crippen LogP contribution in [0.3, 0.4) is 0 Å². The molecule has 0 radical (unpaired) electrons. The molecule has 2 amide bonds. The van der Waals surface area contributed by atoms with Gasteiger partial charge in [0.2, 0.25) is 5.91 Å². The molecule has 0 aromatic heterocycles. The molecule has 3 rings (SSSR count). The van der Waals surface area contributed by atoms with Crippen LogP contribution in [0.1, 0.15) is 24.8 Å². The monoisotopic (exact) mass is 321 g/mol. The van der Waals surface area contributed by atoms with Crippen molar-refractivity contribution in [1.82, 2.24) is 10.6 Å². The minimum atomic E-state index is -0.518. The van der Waals surface area contributed by atoms with Gasteiger partial charge in [-0.15, -0.1) is 0 Å². The predicted octanol–water partition coefficient (Wildman–Crippen LogP) is 1.36. The fourth-order valence-electron chi connectivity index (χ4n) is 3.03. The highest BCUT2D eigenvalue weighted by Gasteiger charge is 2.33. The summed E-state index contributed by atoms with van der Waals surface area (Å²) in [5.74, 6) is -0.295. The molecule has 1 aromatic carbocycles. The van der Waals surface area contributed by atoms with E-state index in [0.29, 0.717) is 17.8 Å². The second kappa shape index (κ2) is 6.54. The molecular weight excluding hydrogens is 301 g/mol. The Hall–Kier alpha value is -2.15. The van der Waals surface area contributed by atoms with Crippen LogP contribution < -0.4 is 15.5 Å². The van der Waals surface area contributed by atoms with Crippen molar-refractivity contribution in [2.75, 3.05) is 31.1 Å². The lowest BCUT2D eigenvalue weighted by molar-refractivity contribution is -0.119. The summed E-state index contributed by atoms with van der Waals surface area (Å²) in [4.78, 5) is 24.3. The van der Waals surface area contributed by atoms with Gasteiger partial charge in [-0.1, -0.05) is 6.07 Å². The Balaban J connectivity index is 1.70. The average Bonchev–Trinajstić information content (AvgIpc) is 3.14. The van der Waals surface area contributed by atoms with Crippen molar-refractivity contribution in [3.63, 3.8) is 0 Å². The SMILES string of the molecule is CC(=O)NC[C@H]1CN(c2ccc([C@@H]3CCNC3)c(F)c2)C(=O)O1. The molecule has 6 nitrogen and oxygen atoms in total. The maximum Gasteiger partial charge on any atom is 0.414 e. The number of hydrogen-bond donors (Lipinski definition) is 2. The Kier molecular flexibility index (Phi) is 4.47. The number of benzene rings is 1. The minimum Gasteiger partial charge on any atom is -0.442 e. The highest BCUT2D eigenvalue weighted by Crippen LogP contribution is 2.29. The number of rotatable bonds is 4. The molecule has 0 bridgehead atoms. The first-order chi connectivity index (χ1) is 11.0. The summed E-state index contributed by atoms with van der Waals surface area (Å²) in [6.45, 7) is 3.63. The summed E-state index contributed by atoms with van der Waals surface area (Å²) in [6, 6.07) is 4.88. The molecule has 0 unspecified atom stereocenters. The van der Waals surface area contributed by atoms with Crippen molar-refractivity contribution in [3.05, 3.63) is 29.6 Å². The third-order valence-corrected chi connectivity index (χ3v) is 4.25. The van der Waals surface area contributed by atoms with E-state index in [4.69, 9.17) is 4.74 Å². The van der Waals surface area contributed by atoms with Crippen LogP contribution in [0.25, 0.3) is 0 Å². The summed E-state index contributed by atoms with van der Waals surface area (Å²) in [6.07, 6.45) is -0.0240. The predicted molar refractivity (Wildman–Crippen MR) is 82.9 cm³/mol. The number of nitrogens with one attached hydrogen (secondary N) is 2. The lowest BCUT2D eigenvalue weighted by Gasteiger charge is -2.16. The fourth-order valence-corrected chi connectivity index (χ4v) is 3.03. The van der Waals surface area contributed by atoms with Gasteiger partial charge >= 0.3 is 6.09 Å². The Morgan fingerprint density at radius 3 is 3.00 bits per heavy atom. The van der Waals surface area contributed by atoms with Crippen LogP contribution in [0.4, 0.5) is 14.9 Å². The number of halogens is 1.